The van der Waals surface area contributed by atoms with Gasteiger partial charge in [0.15, 0.2) is 0 Å². The monoisotopic (exact) mass is 393 g/mol. The summed E-state index contributed by atoms with van der Waals surface area (Å²) in [5.74, 6) is -0.615. The Bertz CT molecular complexity index is 230. The van der Waals surface area contributed by atoms with Crippen molar-refractivity contribution >= 4 is 31.8 Å². The van der Waals surface area contributed by atoms with Gasteiger partial charge >= 0.3 is 40.6 Å². The summed E-state index contributed by atoms with van der Waals surface area (Å²) >= 11 is 3.62. The Balaban J connectivity index is 0. The van der Waals surface area contributed by atoms with Crippen LogP contribution in [0, 0.1) is 6.92 Å². The average Bonchev–Trinajstić information content (AvgIpc) is 2.16. The SMILES string of the molecule is [CH2-][C@H](NC(=O)OC(C)(C)C)C(=O)OC.[Zn+][I]. The van der Waals surface area contributed by atoms with Crippen molar-refractivity contribution in [3.8, 4) is 0 Å². The van der Waals surface area contributed by atoms with Crippen molar-refractivity contribution in [3.05, 3.63) is 6.92 Å². The van der Waals surface area contributed by atoms with E-state index in [1.807, 2.05) is 0 Å². The summed E-state index contributed by atoms with van der Waals surface area (Å²) in [4.78, 5) is 22.0. The Labute approximate surface area is 117 Å². The summed E-state index contributed by atoms with van der Waals surface area (Å²) in [6.07, 6.45) is -0.692. The number of carbonyl (C=O) groups is 2. The maximum atomic E-state index is 11.1. The molecule has 16 heavy (non-hydrogen) atoms. The molecule has 0 aliphatic rings. The second-order valence-electron chi connectivity index (χ2n) is 3.72. The molecule has 0 rings (SSSR count). The second kappa shape index (κ2) is 9.16. The van der Waals surface area contributed by atoms with E-state index in [0.29, 0.717) is 0 Å². The summed E-state index contributed by atoms with van der Waals surface area (Å²) in [6.45, 7) is 8.57. The molecule has 0 fully saturated rings. The molecule has 1 amide bonds. The number of halogens is 1. The molecule has 0 saturated carbocycles. The summed E-state index contributed by atoms with van der Waals surface area (Å²) in [5, 5.41) is 2.24. The number of hydrogen-bond donors (Lipinski definition) is 1. The van der Waals surface area contributed by atoms with Crippen LogP contribution in [0.3, 0.4) is 0 Å². The molecule has 90 valence electrons. The number of nitrogens with one attached hydrogen (secondary N) is 1. The predicted molar refractivity (Wildman–Crippen MR) is 64.6 cm³/mol. The number of esters is 1. The van der Waals surface area contributed by atoms with Gasteiger partial charge in [-0.1, -0.05) is 0 Å². The third-order valence-corrected chi connectivity index (χ3v) is 1.18. The zero-order chi connectivity index (χ0) is 13.4. The normalized spacial score (nSPS) is 11.8. The van der Waals surface area contributed by atoms with E-state index >= 15 is 0 Å². The van der Waals surface area contributed by atoms with Crippen LogP contribution in [-0.4, -0.2) is 30.8 Å². The van der Waals surface area contributed by atoms with Crippen LogP contribution < -0.4 is 5.32 Å². The quantitative estimate of drug-likeness (QED) is 0.336. The van der Waals surface area contributed by atoms with E-state index in [1.165, 1.54) is 21.9 Å². The van der Waals surface area contributed by atoms with Crippen molar-refractivity contribution in [1.29, 1.82) is 0 Å². The van der Waals surface area contributed by atoms with E-state index in [4.69, 9.17) is 4.74 Å². The third-order valence-electron chi connectivity index (χ3n) is 1.18. The van der Waals surface area contributed by atoms with Crippen LogP contribution in [0.2, 0.25) is 0 Å². The van der Waals surface area contributed by atoms with Gasteiger partial charge in [0.25, 0.3) is 5.97 Å². The van der Waals surface area contributed by atoms with Crippen molar-refractivity contribution in [2.24, 2.45) is 0 Å². The Morgan fingerprint density at radius 1 is 1.38 bits per heavy atom. The van der Waals surface area contributed by atoms with Gasteiger partial charge in [0.1, 0.15) is 5.60 Å². The van der Waals surface area contributed by atoms with Crippen molar-refractivity contribution < 1.29 is 33.9 Å². The summed E-state index contributed by atoms with van der Waals surface area (Å²) in [7, 11) is 1.22. The molecular formula is C9H16INO4Zn. The number of carbonyl (C=O) groups excluding carboxylic acids is 2. The molecule has 0 spiro atoms. The zero-order valence-electron chi connectivity index (χ0n) is 10.0. The van der Waals surface area contributed by atoms with Gasteiger partial charge in [0, 0.05) is 6.04 Å². The summed E-state index contributed by atoms with van der Waals surface area (Å²) in [6, 6.07) is -0.949. The second-order valence-corrected chi connectivity index (χ2v) is 3.72. The molecular weight excluding hydrogens is 378 g/mol. The molecule has 0 saturated heterocycles. The topological polar surface area (TPSA) is 64.6 Å². The first-order chi connectivity index (χ1) is 7.26. The van der Waals surface area contributed by atoms with E-state index in [9.17, 15) is 9.59 Å². The fourth-order valence-electron chi connectivity index (χ4n) is 0.651. The first kappa shape index (κ1) is 18.5. The number of alkyl carbamates (subject to hydrolysis) is 1. The van der Waals surface area contributed by atoms with Crippen molar-refractivity contribution in [2.45, 2.75) is 32.4 Å². The standard InChI is InChI=1S/C9H16NO4.HI.Zn/c1-6(7(11)13-5)10-8(12)14-9(2,3)4;;/h6H,1H2,2-5H3,(H,10,12);1H;/q-1;;+2/p-1/t6-;;/m0../s1. The predicted octanol–water partition coefficient (Wildman–Crippen LogP) is 1.77. The van der Waals surface area contributed by atoms with Gasteiger partial charge in [-0.2, -0.15) is 0 Å². The van der Waals surface area contributed by atoms with Gasteiger partial charge in [-0.25, -0.2) is 4.79 Å². The molecule has 0 aliphatic carbocycles. The van der Waals surface area contributed by atoms with E-state index in [-0.39, 0.29) is 0 Å². The average molecular weight is 395 g/mol. The molecule has 0 aromatic rings. The number of methoxy groups -OCH3 is 1. The molecule has 1 atom stereocenters. The molecule has 0 aliphatic heterocycles. The van der Waals surface area contributed by atoms with Gasteiger partial charge in [-0.3, -0.25) is 4.79 Å². The molecule has 0 bridgehead atoms. The fourth-order valence-corrected chi connectivity index (χ4v) is 0.651. The maximum absolute atomic E-state index is 11.1. The van der Waals surface area contributed by atoms with Crippen LogP contribution in [0.1, 0.15) is 20.8 Å². The van der Waals surface area contributed by atoms with Gasteiger partial charge in [0.2, 0.25) is 0 Å². The molecule has 0 radical (unpaired) electrons. The summed E-state index contributed by atoms with van der Waals surface area (Å²) < 4.78 is 9.28. The van der Waals surface area contributed by atoms with Gasteiger partial charge in [-0.15, -0.1) is 0 Å². The van der Waals surface area contributed by atoms with E-state index in [2.05, 4.69) is 36.7 Å². The Kier molecular flexibility index (Phi) is 10.6. The van der Waals surface area contributed by atoms with Crippen LogP contribution in [-0.2, 0) is 29.1 Å². The zero-order valence-corrected chi connectivity index (χ0v) is 15.1. The number of ether oxygens (including phenoxy) is 2. The van der Waals surface area contributed by atoms with Crippen molar-refractivity contribution in [3.63, 3.8) is 0 Å². The van der Waals surface area contributed by atoms with Gasteiger partial charge < -0.3 is 21.7 Å². The van der Waals surface area contributed by atoms with Gasteiger partial charge in [-0.05, 0) is 20.8 Å². The van der Waals surface area contributed by atoms with Crippen LogP contribution >= 0.6 is 19.8 Å². The summed E-state index contributed by atoms with van der Waals surface area (Å²) in [5.41, 5.74) is -0.597. The number of rotatable bonds is 2. The third kappa shape index (κ3) is 10.6. The fraction of sp³-hybridized carbons (Fsp3) is 0.667. The molecule has 0 aromatic heterocycles. The Morgan fingerprint density at radius 3 is 2.12 bits per heavy atom. The molecule has 7 heteroatoms. The molecule has 0 unspecified atom stereocenters. The Hall–Kier alpha value is 0.0934. The van der Waals surface area contributed by atoms with Crippen molar-refractivity contribution in [2.75, 3.05) is 7.11 Å². The van der Waals surface area contributed by atoms with Crippen molar-refractivity contribution in [1.82, 2.24) is 5.32 Å². The minimum atomic E-state index is -0.949. The Morgan fingerprint density at radius 2 is 1.81 bits per heavy atom. The first-order valence-corrected chi connectivity index (χ1v) is 13.5. The molecule has 0 heterocycles. The van der Waals surface area contributed by atoms with E-state index in [1.54, 1.807) is 20.8 Å². The molecule has 1 N–H and O–H groups in total. The van der Waals surface area contributed by atoms with Crippen LogP contribution in [0.5, 0.6) is 0 Å². The van der Waals surface area contributed by atoms with Crippen LogP contribution in [0.15, 0.2) is 0 Å². The number of amides is 1. The van der Waals surface area contributed by atoms with E-state index in [0.717, 1.165) is 0 Å². The first-order valence-electron chi connectivity index (χ1n) is 4.43. The molecule has 0 aromatic carbocycles. The van der Waals surface area contributed by atoms with Gasteiger partial charge in [0.05, 0.1) is 7.11 Å². The molecule has 5 nitrogen and oxygen atoms in total. The van der Waals surface area contributed by atoms with E-state index < -0.39 is 23.7 Å². The minimum absolute atomic E-state index is 0.597. The van der Waals surface area contributed by atoms with Crippen LogP contribution in [0.25, 0.3) is 0 Å². The number of hydrogen-bond acceptors (Lipinski definition) is 4. The van der Waals surface area contributed by atoms with Crippen LogP contribution in [0.4, 0.5) is 4.79 Å².